The summed E-state index contributed by atoms with van der Waals surface area (Å²) in [5.74, 6) is -0.124. The standard InChI is InChI=1S/C13H21N3O3S/c1-5-14-20(18,19)12-9-7-6-8-11(12)15-10(2)13(17)16(3)4/h6-10,14-15H,5H2,1-4H3. The van der Waals surface area contributed by atoms with Crippen LogP contribution in [0.3, 0.4) is 0 Å². The summed E-state index contributed by atoms with van der Waals surface area (Å²) in [5, 5.41) is 2.95. The highest BCUT2D eigenvalue weighted by Gasteiger charge is 2.20. The first kappa shape index (κ1) is 16.5. The van der Waals surface area contributed by atoms with Crippen molar-refractivity contribution < 1.29 is 13.2 Å². The Labute approximate surface area is 120 Å². The van der Waals surface area contributed by atoms with Crippen LogP contribution in [0.2, 0.25) is 0 Å². The molecule has 0 bridgehead atoms. The van der Waals surface area contributed by atoms with Gasteiger partial charge in [0.25, 0.3) is 0 Å². The minimum absolute atomic E-state index is 0.124. The molecule has 2 N–H and O–H groups in total. The van der Waals surface area contributed by atoms with Crippen LogP contribution in [-0.4, -0.2) is 45.9 Å². The molecule has 0 saturated heterocycles. The molecule has 0 radical (unpaired) electrons. The average Bonchev–Trinajstić information content (AvgIpc) is 2.38. The molecule has 1 unspecified atom stereocenters. The lowest BCUT2D eigenvalue weighted by molar-refractivity contribution is -0.129. The van der Waals surface area contributed by atoms with E-state index in [1.165, 1.54) is 11.0 Å². The second-order valence-electron chi connectivity index (χ2n) is 4.60. The number of hydrogen-bond donors (Lipinski definition) is 2. The molecule has 112 valence electrons. The van der Waals surface area contributed by atoms with E-state index in [0.717, 1.165) is 0 Å². The van der Waals surface area contributed by atoms with Crippen LogP contribution in [0, 0.1) is 0 Å². The number of sulfonamides is 1. The van der Waals surface area contributed by atoms with Crippen LogP contribution in [0.1, 0.15) is 13.8 Å². The Hall–Kier alpha value is -1.60. The molecule has 0 fully saturated rings. The molecule has 1 rings (SSSR count). The van der Waals surface area contributed by atoms with Crippen LogP contribution in [0.5, 0.6) is 0 Å². The largest absolute Gasteiger partial charge is 0.373 e. The monoisotopic (exact) mass is 299 g/mol. The maximum Gasteiger partial charge on any atom is 0.244 e. The SMILES string of the molecule is CCNS(=O)(=O)c1ccccc1NC(C)C(=O)N(C)C. The predicted molar refractivity (Wildman–Crippen MR) is 79.1 cm³/mol. The summed E-state index contributed by atoms with van der Waals surface area (Å²) in [4.78, 5) is 13.4. The number of rotatable bonds is 6. The number of hydrogen-bond acceptors (Lipinski definition) is 4. The third-order valence-corrected chi connectivity index (χ3v) is 4.30. The number of benzene rings is 1. The van der Waals surface area contributed by atoms with E-state index in [0.29, 0.717) is 12.2 Å². The third kappa shape index (κ3) is 3.94. The van der Waals surface area contributed by atoms with Crippen molar-refractivity contribution in [3.05, 3.63) is 24.3 Å². The van der Waals surface area contributed by atoms with Gasteiger partial charge in [-0.05, 0) is 19.1 Å². The molecule has 0 spiro atoms. The number of carbonyl (C=O) groups is 1. The van der Waals surface area contributed by atoms with Gasteiger partial charge in [0.1, 0.15) is 10.9 Å². The first-order valence-electron chi connectivity index (χ1n) is 6.36. The van der Waals surface area contributed by atoms with E-state index in [-0.39, 0.29) is 10.8 Å². The third-order valence-electron chi connectivity index (χ3n) is 2.69. The fraction of sp³-hybridized carbons (Fsp3) is 0.462. The molecule has 0 aliphatic rings. The molecule has 1 amide bonds. The highest BCUT2D eigenvalue weighted by atomic mass is 32.2. The highest BCUT2D eigenvalue weighted by Crippen LogP contribution is 2.21. The minimum Gasteiger partial charge on any atom is -0.373 e. The minimum atomic E-state index is -3.57. The van der Waals surface area contributed by atoms with Crippen molar-refractivity contribution in [3.63, 3.8) is 0 Å². The van der Waals surface area contributed by atoms with Crippen molar-refractivity contribution in [3.8, 4) is 0 Å². The van der Waals surface area contributed by atoms with E-state index in [2.05, 4.69) is 10.0 Å². The number of likely N-dealkylation sites (N-methyl/N-ethyl adjacent to an activating group) is 1. The molecular formula is C13H21N3O3S. The Morgan fingerprint density at radius 2 is 1.90 bits per heavy atom. The summed E-state index contributed by atoms with van der Waals surface area (Å²) in [5.41, 5.74) is 0.413. The van der Waals surface area contributed by atoms with Gasteiger partial charge in [-0.1, -0.05) is 19.1 Å². The fourth-order valence-electron chi connectivity index (χ4n) is 1.77. The Kier molecular flexibility index (Phi) is 5.52. The molecule has 6 nitrogen and oxygen atoms in total. The van der Waals surface area contributed by atoms with Crippen LogP contribution in [0.4, 0.5) is 5.69 Å². The van der Waals surface area contributed by atoms with E-state index in [9.17, 15) is 13.2 Å². The quantitative estimate of drug-likeness (QED) is 0.817. The van der Waals surface area contributed by atoms with Crippen molar-refractivity contribution in [1.29, 1.82) is 0 Å². The zero-order chi connectivity index (χ0) is 15.3. The molecule has 20 heavy (non-hydrogen) atoms. The Morgan fingerprint density at radius 1 is 1.30 bits per heavy atom. The molecule has 0 aliphatic heterocycles. The second-order valence-corrected chi connectivity index (χ2v) is 6.33. The van der Waals surface area contributed by atoms with E-state index in [1.54, 1.807) is 46.1 Å². The van der Waals surface area contributed by atoms with Crippen LogP contribution in [0.25, 0.3) is 0 Å². The van der Waals surface area contributed by atoms with Gasteiger partial charge in [-0.25, -0.2) is 13.1 Å². The summed E-state index contributed by atoms with van der Waals surface area (Å²) >= 11 is 0. The van der Waals surface area contributed by atoms with Gasteiger partial charge in [0, 0.05) is 20.6 Å². The zero-order valence-electron chi connectivity index (χ0n) is 12.2. The first-order chi connectivity index (χ1) is 9.29. The van der Waals surface area contributed by atoms with Crippen molar-refractivity contribution >= 4 is 21.6 Å². The van der Waals surface area contributed by atoms with Gasteiger partial charge in [0.2, 0.25) is 15.9 Å². The number of nitrogens with zero attached hydrogens (tertiary/aromatic N) is 1. The first-order valence-corrected chi connectivity index (χ1v) is 7.84. The number of amides is 1. The lowest BCUT2D eigenvalue weighted by Crippen LogP contribution is -2.37. The molecule has 1 aromatic carbocycles. The maximum absolute atomic E-state index is 12.1. The van der Waals surface area contributed by atoms with Gasteiger partial charge < -0.3 is 10.2 Å². The molecule has 0 saturated carbocycles. The number of nitrogens with one attached hydrogen (secondary N) is 2. The van der Waals surface area contributed by atoms with Crippen molar-refractivity contribution in [1.82, 2.24) is 9.62 Å². The lowest BCUT2D eigenvalue weighted by Gasteiger charge is -2.20. The smallest absolute Gasteiger partial charge is 0.244 e. The molecule has 0 aromatic heterocycles. The lowest BCUT2D eigenvalue weighted by atomic mass is 10.2. The van der Waals surface area contributed by atoms with Crippen LogP contribution >= 0.6 is 0 Å². The van der Waals surface area contributed by atoms with E-state index < -0.39 is 16.1 Å². The molecular weight excluding hydrogens is 278 g/mol. The fourth-order valence-corrected chi connectivity index (χ4v) is 2.98. The highest BCUT2D eigenvalue weighted by molar-refractivity contribution is 7.89. The van der Waals surface area contributed by atoms with E-state index in [4.69, 9.17) is 0 Å². The van der Waals surface area contributed by atoms with Crippen LogP contribution in [-0.2, 0) is 14.8 Å². The normalized spacial score (nSPS) is 12.8. The van der Waals surface area contributed by atoms with Crippen LogP contribution in [0.15, 0.2) is 29.2 Å². The number of para-hydroxylation sites is 1. The van der Waals surface area contributed by atoms with Crippen molar-refractivity contribution in [2.24, 2.45) is 0 Å². The van der Waals surface area contributed by atoms with Gasteiger partial charge in [-0.3, -0.25) is 4.79 Å². The Morgan fingerprint density at radius 3 is 2.45 bits per heavy atom. The molecule has 0 aliphatic carbocycles. The molecule has 7 heteroatoms. The topological polar surface area (TPSA) is 78.5 Å². The summed E-state index contributed by atoms with van der Waals surface area (Å²) < 4.78 is 26.6. The summed E-state index contributed by atoms with van der Waals surface area (Å²) in [7, 11) is -0.261. The second kappa shape index (κ2) is 6.71. The van der Waals surface area contributed by atoms with Gasteiger partial charge in [-0.15, -0.1) is 0 Å². The summed E-state index contributed by atoms with van der Waals surface area (Å²) in [6.45, 7) is 3.72. The Balaban J connectivity index is 3.06. The van der Waals surface area contributed by atoms with Crippen LogP contribution < -0.4 is 10.0 Å². The summed E-state index contributed by atoms with van der Waals surface area (Å²) in [6, 6.07) is 6.01. The maximum atomic E-state index is 12.1. The van der Waals surface area contributed by atoms with E-state index >= 15 is 0 Å². The Bertz CT molecular complexity index is 570. The van der Waals surface area contributed by atoms with E-state index in [1.807, 2.05) is 0 Å². The molecule has 0 heterocycles. The average molecular weight is 299 g/mol. The molecule has 1 aromatic rings. The predicted octanol–water partition coefficient (Wildman–Crippen LogP) is 0.873. The number of carbonyl (C=O) groups excluding carboxylic acids is 1. The van der Waals surface area contributed by atoms with Gasteiger partial charge in [0.05, 0.1) is 5.69 Å². The van der Waals surface area contributed by atoms with Crippen molar-refractivity contribution in [2.75, 3.05) is 26.0 Å². The van der Waals surface area contributed by atoms with Gasteiger partial charge in [0.15, 0.2) is 0 Å². The molecule has 1 atom stereocenters. The van der Waals surface area contributed by atoms with Crippen molar-refractivity contribution in [2.45, 2.75) is 24.8 Å². The van der Waals surface area contributed by atoms with Gasteiger partial charge >= 0.3 is 0 Å². The summed E-state index contributed by atoms with van der Waals surface area (Å²) in [6.07, 6.45) is 0. The van der Waals surface area contributed by atoms with Gasteiger partial charge in [-0.2, -0.15) is 0 Å². The number of anilines is 1. The zero-order valence-corrected chi connectivity index (χ0v) is 13.0.